The van der Waals surface area contributed by atoms with Crippen molar-refractivity contribution in [2.45, 2.75) is 97.4 Å². The van der Waals surface area contributed by atoms with E-state index in [1.807, 2.05) is 0 Å². The molecule has 1 aromatic rings. The van der Waals surface area contributed by atoms with E-state index in [1.54, 1.807) is 0 Å². The van der Waals surface area contributed by atoms with Crippen molar-refractivity contribution >= 4 is 0 Å². The molecule has 0 N–H and O–H groups in total. The molecule has 0 saturated heterocycles. The zero-order chi connectivity index (χ0) is 15.2. The van der Waals surface area contributed by atoms with Crippen LogP contribution in [0.2, 0.25) is 0 Å². The van der Waals surface area contributed by atoms with Crippen LogP contribution in [0.1, 0.15) is 90.2 Å². The minimum Gasteiger partial charge on any atom is -1.00 e. The Hall–Kier alpha value is -0.560. The van der Waals surface area contributed by atoms with Gasteiger partial charge < -0.3 is 12.4 Å². The monoisotopic (exact) mass is 325 g/mol. The Morgan fingerprint density at radius 2 is 1.32 bits per heavy atom. The number of aromatic nitrogens is 1. The van der Waals surface area contributed by atoms with Crippen LogP contribution in [-0.2, 0) is 13.0 Å². The quantitative estimate of drug-likeness (QED) is 0.388. The molecule has 1 heterocycles. The van der Waals surface area contributed by atoms with Crippen molar-refractivity contribution in [3.8, 4) is 0 Å². The van der Waals surface area contributed by atoms with Crippen molar-refractivity contribution in [2.24, 2.45) is 0 Å². The Balaban J connectivity index is 0.00000441. The van der Waals surface area contributed by atoms with Gasteiger partial charge in [0.25, 0.3) is 0 Å². The molecule has 0 aliphatic rings. The zero-order valence-electron chi connectivity index (χ0n) is 14.8. The Labute approximate surface area is 144 Å². The van der Waals surface area contributed by atoms with Crippen LogP contribution in [0.25, 0.3) is 0 Å². The van der Waals surface area contributed by atoms with Crippen LogP contribution < -0.4 is 17.0 Å². The molecule has 0 saturated carbocycles. The maximum Gasteiger partial charge on any atom is 0.181 e. The first kappa shape index (κ1) is 21.4. The molecule has 1 aromatic heterocycles. The highest BCUT2D eigenvalue weighted by atomic mass is 35.5. The summed E-state index contributed by atoms with van der Waals surface area (Å²) in [6.07, 6.45) is 18.9. The largest absolute Gasteiger partial charge is 1.00 e. The van der Waals surface area contributed by atoms with E-state index in [1.165, 1.54) is 89.3 Å². The Kier molecular flexibility index (Phi) is 14.9. The van der Waals surface area contributed by atoms with Gasteiger partial charge in [0.05, 0.1) is 0 Å². The molecule has 22 heavy (non-hydrogen) atoms. The highest BCUT2D eigenvalue weighted by Gasteiger charge is 2.07. The maximum atomic E-state index is 2.45. The predicted molar refractivity (Wildman–Crippen MR) is 92.5 cm³/mol. The number of hydrogen-bond acceptors (Lipinski definition) is 0. The van der Waals surface area contributed by atoms with Gasteiger partial charge in [-0.15, -0.1) is 0 Å². The lowest BCUT2D eigenvalue weighted by Gasteiger charge is -2.04. The van der Waals surface area contributed by atoms with Crippen molar-refractivity contribution in [3.05, 3.63) is 30.1 Å². The zero-order valence-corrected chi connectivity index (χ0v) is 15.6. The summed E-state index contributed by atoms with van der Waals surface area (Å²) in [6.45, 7) is 5.75. The molecule has 0 spiro atoms. The normalized spacial score (nSPS) is 10.5. The van der Waals surface area contributed by atoms with Gasteiger partial charge >= 0.3 is 0 Å². The lowest BCUT2D eigenvalue weighted by Crippen LogP contribution is -3.00. The number of pyridine rings is 1. The molecule has 1 rings (SSSR count). The second kappa shape index (κ2) is 15.3. The number of rotatable bonds is 13. The molecule has 2 heteroatoms. The van der Waals surface area contributed by atoms with E-state index in [9.17, 15) is 0 Å². The van der Waals surface area contributed by atoms with Gasteiger partial charge in [-0.25, -0.2) is 4.57 Å². The molecule has 0 bridgehead atoms. The third-order valence-corrected chi connectivity index (χ3v) is 4.29. The Morgan fingerprint density at radius 1 is 0.727 bits per heavy atom. The number of hydrogen-bond donors (Lipinski definition) is 0. The number of halogens is 1. The molecule has 128 valence electrons. The predicted octanol–water partition coefficient (Wildman–Crippen LogP) is 2.85. The van der Waals surface area contributed by atoms with E-state index in [-0.39, 0.29) is 12.4 Å². The summed E-state index contributed by atoms with van der Waals surface area (Å²) in [7, 11) is 0. The van der Waals surface area contributed by atoms with Gasteiger partial charge in [-0.1, -0.05) is 71.3 Å². The summed E-state index contributed by atoms with van der Waals surface area (Å²) >= 11 is 0. The molecule has 0 aliphatic heterocycles. The Morgan fingerprint density at radius 3 is 1.91 bits per heavy atom. The number of unbranched alkanes of at least 4 members (excludes halogenated alkanes) is 9. The molecule has 0 fully saturated rings. The smallest absolute Gasteiger partial charge is 0.181 e. The van der Waals surface area contributed by atoms with Crippen LogP contribution in [-0.4, -0.2) is 0 Å². The summed E-state index contributed by atoms with van der Waals surface area (Å²) in [5.41, 5.74) is 1.50. The summed E-state index contributed by atoms with van der Waals surface area (Å²) in [5, 5.41) is 0. The molecule has 1 nitrogen and oxygen atoms in total. The molecule has 0 aromatic carbocycles. The third kappa shape index (κ3) is 10.2. The molecule has 0 aliphatic carbocycles. The molecule has 0 atom stereocenters. The van der Waals surface area contributed by atoms with Gasteiger partial charge in [0.2, 0.25) is 0 Å². The van der Waals surface area contributed by atoms with E-state index in [2.05, 4.69) is 42.8 Å². The van der Waals surface area contributed by atoms with Gasteiger partial charge in [-0.2, -0.15) is 0 Å². The van der Waals surface area contributed by atoms with E-state index in [0.717, 1.165) is 0 Å². The minimum absolute atomic E-state index is 0. The van der Waals surface area contributed by atoms with E-state index in [4.69, 9.17) is 0 Å². The molecule has 0 amide bonds. The van der Waals surface area contributed by atoms with Crippen LogP contribution in [0.4, 0.5) is 0 Å². The fourth-order valence-electron chi connectivity index (χ4n) is 2.98. The van der Waals surface area contributed by atoms with Crippen molar-refractivity contribution in [3.63, 3.8) is 0 Å². The Bertz CT molecular complexity index is 351. The molecule has 0 unspecified atom stereocenters. The summed E-state index contributed by atoms with van der Waals surface area (Å²) < 4.78 is 2.45. The maximum absolute atomic E-state index is 2.45. The van der Waals surface area contributed by atoms with Crippen LogP contribution in [0.3, 0.4) is 0 Å². The number of aryl methyl sites for hydroxylation is 2. The van der Waals surface area contributed by atoms with Crippen molar-refractivity contribution < 1.29 is 17.0 Å². The first-order valence-electron chi connectivity index (χ1n) is 9.35. The van der Waals surface area contributed by atoms with E-state index in [0.29, 0.717) is 0 Å². The first-order chi connectivity index (χ1) is 10.4. The van der Waals surface area contributed by atoms with Crippen molar-refractivity contribution in [2.75, 3.05) is 0 Å². The molecular formula is C20H36ClN. The van der Waals surface area contributed by atoms with Gasteiger partial charge in [-0.05, 0) is 12.8 Å². The van der Waals surface area contributed by atoms with Crippen LogP contribution >= 0.6 is 0 Å². The second-order valence-electron chi connectivity index (χ2n) is 6.32. The van der Waals surface area contributed by atoms with Crippen LogP contribution in [0, 0.1) is 0 Å². The number of nitrogens with zero attached hydrogens (tertiary/aromatic N) is 1. The van der Waals surface area contributed by atoms with E-state index >= 15 is 0 Å². The fourth-order valence-corrected chi connectivity index (χ4v) is 2.98. The molecular weight excluding hydrogens is 290 g/mol. The third-order valence-electron chi connectivity index (χ3n) is 4.29. The van der Waals surface area contributed by atoms with Crippen LogP contribution in [0.5, 0.6) is 0 Å². The average molecular weight is 326 g/mol. The van der Waals surface area contributed by atoms with Gasteiger partial charge in [-0.3, -0.25) is 0 Å². The first-order valence-corrected chi connectivity index (χ1v) is 9.35. The minimum atomic E-state index is 0. The van der Waals surface area contributed by atoms with Crippen LogP contribution in [0.15, 0.2) is 24.4 Å². The lowest BCUT2D eigenvalue weighted by atomic mass is 10.1. The van der Waals surface area contributed by atoms with Crippen molar-refractivity contribution in [1.29, 1.82) is 0 Å². The van der Waals surface area contributed by atoms with Gasteiger partial charge in [0.15, 0.2) is 11.9 Å². The summed E-state index contributed by atoms with van der Waals surface area (Å²) in [6, 6.07) is 6.61. The SMILES string of the molecule is CCCCCCCCCCCC[n+]1ccccc1CCC.[Cl-]. The van der Waals surface area contributed by atoms with Crippen molar-refractivity contribution in [1.82, 2.24) is 0 Å². The van der Waals surface area contributed by atoms with Gasteiger partial charge in [0.1, 0.15) is 6.54 Å². The summed E-state index contributed by atoms with van der Waals surface area (Å²) in [5.74, 6) is 0. The highest BCUT2D eigenvalue weighted by Crippen LogP contribution is 2.10. The average Bonchev–Trinajstić information content (AvgIpc) is 2.51. The molecule has 0 radical (unpaired) electrons. The standard InChI is InChI=1S/C20H36N.ClH/c1-3-5-6-7-8-9-10-11-12-14-18-21-19-15-13-17-20(21)16-4-2;/h13,15,17,19H,3-12,14,16,18H2,1-2H3;1H/q+1;/p-1. The lowest BCUT2D eigenvalue weighted by molar-refractivity contribution is -0.704. The van der Waals surface area contributed by atoms with Gasteiger partial charge in [0, 0.05) is 25.0 Å². The topological polar surface area (TPSA) is 3.88 Å². The fraction of sp³-hybridized carbons (Fsp3) is 0.750. The second-order valence-corrected chi connectivity index (χ2v) is 6.32. The van der Waals surface area contributed by atoms with E-state index < -0.39 is 0 Å². The highest BCUT2D eigenvalue weighted by molar-refractivity contribution is 4.97. The summed E-state index contributed by atoms with van der Waals surface area (Å²) in [4.78, 5) is 0.